The third kappa shape index (κ3) is 9.53. The Bertz CT molecular complexity index is 2290. The molecule has 0 aliphatic heterocycles. The summed E-state index contributed by atoms with van der Waals surface area (Å²) >= 11 is 1.91. The molecule has 0 saturated carbocycles. The molecule has 0 fully saturated rings. The molecule has 0 aliphatic rings. The fourth-order valence-electron chi connectivity index (χ4n) is 6.99. The third-order valence-electron chi connectivity index (χ3n) is 11.7. The van der Waals surface area contributed by atoms with E-state index in [4.69, 9.17) is 9.40 Å². The zero-order chi connectivity index (χ0) is 39.6. The predicted molar refractivity (Wildman–Crippen MR) is 232 cm³/mol. The van der Waals surface area contributed by atoms with E-state index in [2.05, 4.69) is 108 Å². The van der Waals surface area contributed by atoms with Crippen molar-refractivity contribution in [1.82, 2.24) is 4.98 Å². The van der Waals surface area contributed by atoms with Crippen LogP contribution < -0.4 is 0 Å². The van der Waals surface area contributed by atoms with Crippen molar-refractivity contribution in [1.29, 1.82) is 0 Å². The van der Waals surface area contributed by atoms with Crippen LogP contribution in [0.1, 0.15) is 118 Å². The SMILES string of the molecule is CCC(C)(CC)C(=O)/C=C(\O)C(C)(CC)CC.Cc1coc2nc(-c3[c-]c4ccccc4c(C(C)(C)C)c3)cc(-c3ccc4cc(CC(C)C)sc4c3)c12.[Ir]. The number of ketones is 1. The van der Waals surface area contributed by atoms with Crippen molar-refractivity contribution in [3.8, 4) is 22.4 Å². The maximum Gasteiger partial charge on any atom is 0.219 e. The average molecular weight is 935 g/mol. The van der Waals surface area contributed by atoms with Crippen LogP contribution in [-0.4, -0.2) is 15.9 Å². The molecule has 3 heterocycles. The number of nitrogens with zero attached hydrogens (tertiary/aromatic N) is 1. The van der Waals surface area contributed by atoms with Crippen molar-refractivity contribution in [2.75, 3.05) is 0 Å². The summed E-state index contributed by atoms with van der Waals surface area (Å²) in [5.41, 5.74) is 6.71. The first-order valence-corrected chi connectivity index (χ1v) is 20.6. The van der Waals surface area contributed by atoms with E-state index in [1.54, 1.807) is 0 Å². The van der Waals surface area contributed by atoms with Gasteiger partial charge in [-0.25, -0.2) is 0 Å². The van der Waals surface area contributed by atoms with Gasteiger partial charge in [-0.1, -0.05) is 124 Å². The molecule has 3 aromatic carbocycles. The van der Waals surface area contributed by atoms with Crippen LogP contribution in [0.5, 0.6) is 0 Å². The molecule has 6 heteroatoms. The first kappa shape index (κ1) is 44.1. The number of aliphatic hydroxyl groups is 1. The molecule has 295 valence electrons. The topological polar surface area (TPSA) is 63.3 Å². The number of pyridine rings is 1. The molecule has 0 spiro atoms. The standard InChI is InChI=1S/C34H32NOS.C15H28O2.Ir/c1-20(2)13-26-15-24-12-11-23(17-31(24)37-26)28-18-30(35-33-32(28)21(3)19-36-33)25-14-22-9-7-8-10-27(22)29(16-25)34(4,5)6;1-7-14(5,8-2)12(16)11-13(17)15(6,9-3)10-4;/h7-12,15-20H,13H2,1-6H3;11,16H,7-10H2,1-6H3;/q-1;;/b;12-11-;. The van der Waals surface area contributed by atoms with Crippen LogP contribution >= 0.6 is 11.3 Å². The van der Waals surface area contributed by atoms with Crippen LogP contribution in [-0.2, 0) is 36.7 Å². The molecule has 0 bridgehead atoms. The van der Waals surface area contributed by atoms with Crippen LogP contribution in [0.2, 0.25) is 0 Å². The molecule has 6 rings (SSSR count). The Labute approximate surface area is 347 Å². The molecule has 3 aromatic heterocycles. The van der Waals surface area contributed by atoms with Gasteiger partial charge in [0.2, 0.25) is 5.71 Å². The number of aromatic nitrogens is 1. The summed E-state index contributed by atoms with van der Waals surface area (Å²) in [6.07, 6.45) is 7.69. The van der Waals surface area contributed by atoms with Crippen molar-refractivity contribution in [2.24, 2.45) is 16.7 Å². The minimum Gasteiger partial charge on any atom is -0.512 e. The van der Waals surface area contributed by atoms with Crippen molar-refractivity contribution in [2.45, 2.75) is 121 Å². The summed E-state index contributed by atoms with van der Waals surface area (Å²) in [5.74, 6) is 0.938. The maximum absolute atomic E-state index is 12.2. The van der Waals surface area contributed by atoms with Gasteiger partial charge in [-0.3, -0.25) is 9.78 Å². The number of thiophene rings is 1. The number of carbonyl (C=O) groups is 1. The molecule has 0 atom stereocenters. The Morgan fingerprint density at radius 3 is 2.18 bits per heavy atom. The van der Waals surface area contributed by atoms with Gasteiger partial charge in [-0.05, 0) is 84.6 Å². The third-order valence-corrected chi connectivity index (χ3v) is 12.8. The predicted octanol–water partition coefficient (Wildman–Crippen LogP) is 14.8. The fraction of sp³-hybridized carbons (Fsp3) is 0.429. The van der Waals surface area contributed by atoms with E-state index in [0.717, 1.165) is 65.3 Å². The van der Waals surface area contributed by atoms with Gasteiger partial charge < -0.3 is 9.52 Å². The number of furan rings is 1. The number of benzene rings is 3. The normalized spacial score (nSPS) is 12.6. The van der Waals surface area contributed by atoms with E-state index in [9.17, 15) is 9.90 Å². The zero-order valence-corrected chi connectivity index (χ0v) is 38.2. The van der Waals surface area contributed by atoms with Crippen LogP contribution in [0.4, 0.5) is 0 Å². The maximum atomic E-state index is 12.2. The van der Waals surface area contributed by atoms with Gasteiger partial charge in [0.05, 0.1) is 6.26 Å². The number of aryl methyl sites for hydroxylation is 1. The first-order chi connectivity index (χ1) is 25.5. The Hall–Kier alpha value is -3.57. The van der Waals surface area contributed by atoms with Gasteiger partial charge >= 0.3 is 0 Å². The Morgan fingerprint density at radius 1 is 0.909 bits per heavy atom. The first-order valence-electron chi connectivity index (χ1n) is 19.8. The fourth-order valence-corrected chi connectivity index (χ4v) is 8.30. The Kier molecular flexibility index (Phi) is 14.2. The van der Waals surface area contributed by atoms with E-state index in [1.165, 1.54) is 37.6 Å². The van der Waals surface area contributed by atoms with Crippen molar-refractivity contribution in [3.05, 3.63) is 101 Å². The van der Waals surface area contributed by atoms with Crippen LogP contribution in [0.15, 0.2) is 83.2 Å². The molecule has 0 unspecified atom stereocenters. The molecule has 0 amide bonds. The average Bonchev–Trinajstić information content (AvgIpc) is 3.74. The largest absolute Gasteiger partial charge is 0.512 e. The monoisotopic (exact) mass is 935 g/mol. The summed E-state index contributed by atoms with van der Waals surface area (Å²) in [4.78, 5) is 18.6. The Balaban J connectivity index is 0.000000320. The van der Waals surface area contributed by atoms with E-state index < -0.39 is 0 Å². The molecule has 55 heavy (non-hydrogen) atoms. The van der Waals surface area contributed by atoms with Gasteiger partial charge in [0.1, 0.15) is 5.76 Å². The van der Waals surface area contributed by atoms with Gasteiger partial charge in [-0.2, -0.15) is 0 Å². The summed E-state index contributed by atoms with van der Waals surface area (Å²) in [6, 6.07) is 25.8. The van der Waals surface area contributed by atoms with Crippen LogP contribution in [0, 0.1) is 29.7 Å². The second kappa shape index (κ2) is 17.7. The molecular weight excluding hydrogens is 875 g/mol. The smallest absolute Gasteiger partial charge is 0.219 e. The number of fused-ring (bicyclic) bond motifs is 3. The zero-order valence-electron chi connectivity index (χ0n) is 35.0. The number of carbonyl (C=O) groups excluding carboxylic acids is 1. The molecular formula is C49H60IrNO3S-. The number of hydrogen-bond acceptors (Lipinski definition) is 5. The quantitative estimate of drug-likeness (QED) is 0.0799. The van der Waals surface area contributed by atoms with Crippen molar-refractivity contribution < 1.29 is 34.4 Å². The summed E-state index contributed by atoms with van der Waals surface area (Å²) < 4.78 is 7.30. The summed E-state index contributed by atoms with van der Waals surface area (Å²) in [5, 5.41) is 14.9. The molecule has 0 aliphatic carbocycles. The number of allylic oxidation sites excluding steroid dienone is 2. The summed E-state index contributed by atoms with van der Waals surface area (Å²) in [6.45, 7) is 25.5. The van der Waals surface area contributed by atoms with Gasteiger partial charge in [0.25, 0.3) is 0 Å². The van der Waals surface area contributed by atoms with Crippen LogP contribution in [0.3, 0.4) is 0 Å². The minimum absolute atomic E-state index is 0. The molecule has 1 N–H and O–H groups in total. The summed E-state index contributed by atoms with van der Waals surface area (Å²) in [7, 11) is 0. The molecule has 6 aromatic rings. The van der Waals surface area contributed by atoms with Gasteiger partial charge in [-0.15, -0.1) is 40.5 Å². The number of hydrogen-bond donors (Lipinski definition) is 1. The van der Waals surface area contributed by atoms with E-state index in [-0.39, 0.29) is 47.9 Å². The Morgan fingerprint density at radius 2 is 1.56 bits per heavy atom. The van der Waals surface area contributed by atoms with E-state index in [1.807, 2.05) is 59.1 Å². The van der Waals surface area contributed by atoms with Crippen molar-refractivity contribution in [3.63, 3.8) is 0 Å². The van der Waals surface area contributed by atoms with Gasteiger partial charge in [0, 0.05) is 57.7 Å². The number of rotatable bonds is 11. The van der Waals surface area contributed by atoms with Crippen molar-refractivity contribution >= 4 is 49.1 Å². The van der Waals surface area contributed by atoms with Gasteiger partial charge in [0.15, 0.2) is 5.78 Å². The number of aliphatic hydroxyl groups excluding tert-OH is 1. The van der Waals surface area contributed by atoms with E-state index in [0.29, 0.717) is 11.6 Å². The van der Waals surface area contributed by atoms with Crippen LogP contribution in [0.25, 0.3) is 54.3 Å². The molecule has 4 nitrogen and oxygen atoms in total. The molecule has 1 radical (unpaired) electrons. The van der Waals surface area contributed by atoms with E-state index >= 15 is 0 Å². The second-order valence-corrected chi connectivity index (χ2v) is 18.2. The minimum atomic E-state index is -0.337. The second-order valence-electron chi connectivity index (χ2n) is 17.0. The molecule has 0 saturated heterocycles.